The van der Waals surface area contributed by atoms with Crippen molar-refractivity contribution in [2.45, 2.75) is 25.5 Å². The Bertz CT molecular complexity index is 871. The molecule has 0 unspecified atom stereocenters. The summed E-state index contributed by atoms with van der Waals surface area (Å²) in [6.07, 6.45) is 5.15. The summed E-state index contributed by atoms with van der Waals surface area (Å²) in [6, 6.07) is 13.9. The van der Waals surface area contributed by atoms with E-state index in [1.54, 1.807) is 5.01 Å². The summed E-state index contributed by atoms with van der Waals surface area (Å²) in [5, 5.41) is 3.85. The highest BCUT2D eigenvalue weighted by molar-refractivity contribution is 5.83. The van der Waals surface area contributed by atoms with Crippen molar-refractivity contribution in [1.82, 2.24) is 19.9 Å². The van der Waals surface area contributed by atoms with Crippen molar-refractivity contribution < 1.29 is 14.3 Å². The smallest absolute Gasteiger partial charge is 0.410 e. The second kappa shape index (κ2) is 9.78. The monoisotopic (exact) mass is 423 g/mol. The third-order valence-electron chi connectivity index (χ3n) is 6.06. The van der Waals surface area contributed by atoms with Crippen molar-refractivity contribution in [2.75, 3.05) is 44.7 Å². The van der Waals surface area contributed by atoms with Crippen molar-refractivity contribution in [3.8, 4) is 0 Å². The fraction of sp³-hybridized carbons (Fsp3) is 0.435. The maximum Gasteiger partial charge on any atom is 0.410 e. The number of pyridine rings is 1. The molecule has 2 amide bonds. The van der Waals surface area contributed by atoms with Crippen LogP contribution in [-0.4, -0.2) is 77.7 Å². The van der Waals surface area contributed by atoms with Gasteiger partial charge in [0.15, 0.2) is 0 Å². The lowest BCUT2D eigenvalue weighted by Crippen LogP contribution is -2.60. The number of piperazine rings is 1. The molecule has 8 nitrogen and oxygen atoms in total. The Morgan fingerprint density at radius 3 is 2.45 bits per heavy atom. The number of benzene rings is 1. The highest BCUT2D eigenvalue weighted by Gasteiger charge is 2.34. The van der Waals surface area contributed by atoms with Gasteiger partial charge in [-0.05, 0) is 30.5 Å². The van der Waals surface area contributed by atoms with Gasteiger partial charge in [-0.15, -0.1) is 0 Å². The average molecular weight is 424 g/mol. The number of amides is 2. The molecule has 0 bridgehead atoms. The first kappa shape index (κ1) is 21.1. The Hall–Kier alpha value is -3.13. The van der Waals surface area contributed by atoms with E-state index in [4.69, 9.17) is 4.74 Å². The number of hydrogen-bond donors (Lipinski definition) is 0. The molecule has 0 radical (unpaired) electrons. The molecule has 2 aromatic rings. The number of ether oxygens (including phenoxy) is 1. The van der Waals surface area contributed by atoms with Gasteiger partial charge in [0, 0.05) is 50.8 Å². The van der Waals surface area contributed by atoms with E-state index in [-0.39, 0.29) is 19.1 Å². The molecule has 164 valence electrons. The third kappa shape index (κ3) is 5.14. The van der Waals surface area contributed by atoms with Crippen LogP contribution in [0.5, 0.6) is 0 Å². The molecule has 2 saturated heterocycles. The van der Waals surface area contributed by atoms with Gasteiger partial charge in [0.05, 0.1) is 6.54 Å². The van der Waals surface area contributed by atoms with Crippen molar-refractivity contribution >= 4 is 17.7 Å². The van der Waals surface area contributed by atoms with E-state index < -0.39 is 6.09 Å². The first-order valence-corrected chi connectivity index (χ1v) is 10.8. The lowest BCUT2D eigenvalue weighted by Gasteiger charge is -2.45. The van der Waals surface area contributed by atoms with Gasteiger partial charge in [-0.2, -0.15) is 0 Å². The van der Waals surface area contributed by atoms with Crippen LogP contribution in [0.4, 0.5) is 10.5 Å². The lowest BCUT2D eigenvalue weighted by molar-refractivity contribution is -0.158. The number of piperidine rings is 1. The predicted octanol–water partition coefficient (Wildman–Crippen LogP) is 2.38. The molecule has 0 N–H and O–H groups in total. The molecular weight excluding hydrogens is 394 g/mol. The topological polar surface area (TPSA) is 69.2 Å². The molecule has 0 saturated carbocycles. The zero-order chi connectivity index (χ0) is 21.6. The number of carbonyl (C=O) groups excluding carboxylic acids is 2. The van der Waals surface area contributed by atoms with Crippen LogP contribution < -0.4 is 4.90 Å². The van der Waals surface area contributed by atoms with Gasteiger partial charge in [0.25, 0.3) is 5.91 Å². The summed E-state index contributed by atoms with van der Waals surface area (Å²) in [5.74, 6) is -0.0676. The number of hydrazine groups is 1. The van der Waals surface area contributed by atoms with E-state index in [1.165, 1.54) is 10.6 Å². The van der Waals surface area contributed by atoms with Crippen LogP contribution in [0.2, 0.25) is 0 Å². The first-order chi connectivity index (χ1) is 15.1. The fourth-order valence-electron chi connectivity index (χ4n) is 4.21. The number of carbonyl (C=O) groups is 2. The average Bonchev–Trinajstić information content (AvgIpc) is 2.83. The van der Waals surface area contributed by atoms with Crippen molar-refractivity contribution in [2.24, 2.45) is 0 Å². The van der Waals surface area contributed by atoms with Crippen LogP contribution in [-0.2, 0) is 16.1 Å². The van der Waals surface area contributed by atoms with Crippen molar-refractivity contribution in [3.63, 3.8) is 0 Å². The summed E-state index contributed by atoms with van der Waals surface area (Å²) in [6.45, 7) is 3.11. The number of hydrogen-bond acceptors (Lipinski definition) is 6. The minimum Gasteiger partial charge on any atom is -0.445 e. The van der Waals surface area contributed by atoms with Gasteiger partial charge in [0.1, 0.15) is 13.2 Å². The van der Waals surface area contributed by atoms with Gasteiger partial charge in [-0.3, -0.25) is 19.7 Å². The van der Waals surface area contributed by atoms with Gasteiger partial charge < -0.3 is 9.64 Å². The van der Waals surface area contributed by atoms with E-state index in [0.717, 1.165) is 31.5 Å². The number of rotatable bonds is 5. The molecule has 1 aromatic carbocycles. The summed E-state index contributed by atoms with van der Waals surface area (Å²) in [4.78, 5) is 33.1. The molecule has 0 aliphatic carbocycles. The maximum absolute atomic E-state index is 12.8. The molecule has 2 aliphatic heterocycles. The highest BCUT2D eigenvalue weighted by atomic mass is 16.6. The zero-order valence-electron chi connectivity index (χ0n) is 17.9. The van der Waals surface area contributed by atoms with Gasteiger partial charge in [-0.1, -0.05) is 30.3 Å². The largest absolute Gasteiger partial charge is 0.445 e. The van der Waals surface area contributed by atoms with Crippen molar-refractivity contribution in [1.29, 1.82) is 0 Å². The van der Waals surface area contributed by atoms with E-state index in [2.05, 4.69) is 14.9 Å². The van der Waals surface area contributed by atoms with Gasteiger partial charge in [-0.25, -0.2) is 9.80 Å². The molecule has 31 heavy (non-hydrogen) atoms. The second-order valence-electron chi connectivity index (χ2n) is 7.98. The van der Waals surface area contributed by atoms with E-state index in [0.29, 0.717) is 19.1 Å². The molecule has 0 spiro atoms. The van der Waals surface area contributed by atoms with Gasteiger partial charge >= 0.3 is 6.09 Å². The van der Waals surface area contributed by atoms with Crippen molar-refractivity contribution in [3.05, 3.63) is 60.4 Å². The van der Waals surface area contributed by atoms with E-state index >= 15 is 0 Å². The Morgan fingerprint density at radius 1 is 1.06 bits per heavy atom. The normalized spacial score (nSPS) is 17.9. The predicted molar refractivity (Wildman–Crippen MR) is 117 cm³/mol. The fourth-order valence-corrected chi connectivity index (χ4v) is 4.21. The summed E-state index contributed by atoms with van der Waals surface area (Å²) in [5.41, 5.74) is 2.12. The van der Waals surface area contributed by atoms with Crippen LogP contribution in [0.25, 0.3) is 0 Å². The van der Waals surface area contributed by atoms with Crippen LogP contribution in [0.15, 0.2) is 54.9 Å². The molecule has 0 atom stereocenters. The Kier molecular flexibility index (Phi) is 6.66. The molecule has 3 heterocycles. The first-order valence-electron chi connectivity index (χ1n) is 10.8. The lowest BCUT2D eigenvalue weighted by atomic mass is 10.0. The Labute approximate surface area is 183 Å². The summed E-state index contributed by atoms with van der Waals surface area (Å²) in [7, 11) is 1.98. The molecular formula is C23H29N5O3. The number of nitrogens with zero attached hydrogens (tertiary/aromatic N) is 5. The quantitative estimate of drug-likeness (QED) is 0.736. The minimum absolute atomic E-state index is 0.0494. The SMILES string of the molecule is CN(C1CCN(c2ccncc2)CC1)N1CCN(C(=O)OCc2ccccc2)CC1=O. The molecule has 8 heteroatoms. The van der Waals surface area contributed by atoms with E-state index in [9.17, 15) is 9.59 Å². The summed E-state index contributed by atoms with van der Waals surface area (Å²) >= 11 is 0. The van der Waals surface area contributed by atoms with Crippen LogP contribution in [0, 0.1) is 0 Å². The molecule has 4 rings (SSSR count). The minimum atomic E-state index is -0.440. The van der Waals surface area contributed by atoms with Gasteiger partial charge in [0.2, 0.25) is 0 Å². The zero-order valence-corrected chi connectivity index (χ0v) is 17.9. The standard InChI is InChI=1S/C23H29N5O3/c1-25(20-9-13-26(14-10-20)21-7-11-24-12-8-21)28-16-15-27(17-22(28)29)23(30)31-18-19-5-3-2-4-6-19/h2-8,11-12,20H,9-10,13-18H2,1H3. The number of anilines is 1. The van der Waals surface area contributed by atoms with Crippen LogP contribution >= 0.6 is 0 Å². The van der Waals surface area contributed by atoms with Crippen LogP contribution in [0.1, 0.15) is 18.4 Å². The second-order valence-corrected chi connectivity index (χ2v) is 7.98. The van der Waals surface area contributed by atoms with Crippen LogP contribution in [0.3, 0.4) is 0 Å². The Balaban J connectivity index is 1.25. The molecule has 1 aromatic heterocycles. The maximum atomic E-state index is 12.8. The molecule has 2 fully saturated rings. The number of aromatic nitrogens is 1. The third-order valence-corrected chi connectivity index (χ3v) is 6.06. The summed E-state index contributed by atoms with van der Waals surface area (Å²) < 4.78 is 5.37. The Morgan fingerprint density at radius 2 is 1.77 bits per heavy atom. The van der Waals surface area contributed by atoms with E-state index in [1.807, 2.05) is 61.9 Å². The highest BCUT2D eigenvalue weighted by Crippen LogP contribution is 2.23. The molecule has 2 aliphatic rings.